The summed E-state index contributed by atoms with van der Waals surface area (Å²) >= 11 is 5.89. The van der Waals surface area contributed by atoms with E-state index in [1.54, 1.807) is 12.1 Å². The lowest BCUT2D eigenvalue weighted by atomic mass is 9.94. The van der Waals surface area contributed by atoms with Gasteiger partial charge in [0.15, 0.2) is 0 Å². The van der Waals surface area contributed by atoms with E-state index >= 15 is 0 Å². The molecule has 1 fully saturated rings. The van der Waals surface area contributed by atoms with Gasteiger partial charge in [-0.25, -0.2) is 0 Å². The maximum Gasteiger partial charge on any atom is 0.227 e. The Labute approximate surface area is 171 Å². The monoisotopic (exact) mass is 398 g/mol. The molecule has 0 spiro atoms. The summed E-state index contributed by atoms with van der Waals surface area (Å²) in [7, 11) is 0. The topological polar surface area (TPSA) is 49.4 Å². The number of rotatable bonds is 5. The van der Waals surface area contributed by atoms with E-state index in [1.165, 1.54) is 0 Å². The Morgan fingerprint density at radius 3 is 2.36 bits per heavy atom. The summed E-state index contributed by atoms with van der Waals surface area (Å²) in [5.74, 6) is 0.452. The van der Waals surface area contributed by atoms with Gasteiger partial charge in [0.05, 0.1) is 6.42 Å². The van der Waals surface area contributed by atoms with Gasteiger partial charge in [0.1, 0.15) is 0 Å². The lowest BCUT2D eigenvalue weighted by Crippen LogP contribution is -2.42. The minimum atomic E-state index is -0.0557. The molecule has 148 valence electrons. The fourth-order valence-corrected chi connectivity index (χ4v) is 3.75. The average Bonchev–Trinajstić information content (AvgIpc) is 2.70. The highest BCUT2D eigenvalue weighted by Crippen LogP contribution is 2.26. The fourth-order valence-electron chi connectivity index (χ4n) is 3.63. The molecular weight excluding hydrogens is 372 g/mol. The zero-order valence-corrected chi connectivity index (χ0v) is 17.2. The first-order valence-corrected chi connectivity index (χ1v) is 10.2. The highest BCUT2D eigenvalue weighted by molar-refractivity contribution is 6.30. The summed E-state index contributed by atoms with van der Waals surface area (Å²) in [5, 5.41) is 3.76. The van der Waals surface area contributed by atoms with Crippen LogP contribution in [-0.2, 0) is 16.0 Å². The molecule has 3 rings (SSSR count). The van der Waals surface area contributed by atoms with Crippen LogP contribution >= 0.6 is 11.6 Å². The number of hydrogen-bond acceptors (Lipinski definition) is 2. The van der Waals surface area contributed by atoms with Crippen molar-refractivity contribution in [3.8, 4) is 0 Å². The third kappa shape index (κ3) is 5.14. The van der Waals surface area contributed by atoms with Crippen molar-refractivity contribution in [1.29, 1.82) is 0 Å². The molecule has 5 heteroatoms. The molecule has 0 atom stereocenters. The largest absolute Gasteiger partial charge is 0.342 e. The predicted octanol–water partition coefficient (Wildman–Crippen LogP) is 4.88. The number of nitrogens with zero attached hydrogens (tertiary/aromatic N) is 1. The molecule has 1 saturated heterocycles. The number of carbonyl (C=O) groups excluding carboxylic acids is 2. The fraction of sp³-hybridized carbons (Fsp3) is 0.391. The van der Waals surface area contributed by atoms with Crippen molar-refractivity contribution in [2.45, 2.75) is 39.0 Å². The van der Waals surface area contributed by atoms with E-state index in [0.29, 0.717) is 43.3 Å². The van der Waals surface area contributed by atoms with Gasteiger partial charge >= 0.3 is 0 Å². The van der Waals surface area contributed by atoms with Gasteiger partial charge in [0.25, 0.3) is 0 Å². The van der Waals surface area contributed by atoms with Crippen LogP contribution in [0, 0.1) is 5.92 Å². The van der Waals surface area contributed by atoms with Gasteiger partial charge in [-0.1, -0.05) is 55.8 Å². The van der Waals surface area contributed by atoms with Crippen molar-refractivity contribution < 1.29 is 9.59 Å². The number of benzene rings is 2. The van der Waals surface area contributed by atoms with Crippen LogP contribution in [0.25, 0.3) is 0 Å². The smallest absolute Gasteiger partial charge is 0.227 e. The molecule has 1 heterocycles. The molecule has 0 aromatic heterocycles. The summed E-state index contributed by atoms with van der Waals surface area (Å²) in [5.41, 5.74) is 3.00. The van der Waals surface area contributed by atoms with Gasteiger partial charge in [-0.2, -0.15) is 0 Å². The van der Waals surface area contributed by atoms with Gasteiger partial charge < -0.3 is 10.2 Å². The first-order chi connectivity index (χ1) is 13.4. The van der Waals surface area contributed by atoms with E-state index < -0.39 is 0 Å². The number of hydrogen-bond donors (Lipinski definition) is 1. The van der Waals surface area contributed by atoms with Crippen molar-refractivity contribution >= 4 is 29.1 Å². The van der Waals surface area contributed by atoms with E-state index in [9.17, 15) is 9.59 Å². The number of nitrogens with one attached hydrogen (secondary N) is 1. The normalized spacial score (nSPS) is 14.9. The second-order valence-electron chi connectivity index (χ2n) is 7.69. The molecule has 4 nitrogen and oxygen atoms in total. The van der Waals surface area contributed by atoms with Crippen molar-refractivity contribution in [2.24, 2.45) is 5.92 Å². The molecule has 0 unspecified atom stereocenters. The summed E-state index contributed by atoms with van der Waals surface area (Å²) in [4.78, 5) is 27.1. The van der Waals surface area contributed by atoms with Gasteiger partial charge in [-0.3, -0.25) is 9.59 Å². The summed E-state index contributed by atoms with van der Waals surface area (Å²) in [6.07, 6.45) is 1.76. The Kier molecular flexibility index (Phi) is 6.74. The van der Waals surface area contributed by atoms with E-state index in [-0.39, 0.29) is 17.7 Å². The minimum absolute atomic E-state index is 0.0536. The lowest BCUT2D eigenvalue weighted by Gasteiger charge is -2.31. The lowest BCUT2D eigenvalue weighted by molar-refractivity contribution is -0.133. The highest BCUT2D eigenvalue weighted by atomic mass is 35.5. The highest BCUT2D eigenvalue weighted by Gasteiger charge is 2.27. The van der Waals surface area contributed by atoms with Crippen LogP contribution in [0.3, 0.4) is 0 Å². The van der Waals surface area contributed by atoms with Gasteiger partial charge in [-0.05, 0) is 48.1 Å². The van der Waals surface area contributed by atoms with Crippen molar-refractivity contribution in [3.63, 3.8) is 0 Å². The van der Waals surface area contributed by atoms with E-state index in [2.05, 4.69) is 25.2 Å². The van der Waals surface area contributed by atoms with Crippen LogP contribution in [0.5, 0.6) is 0 Å². The molecular formula is C23H27ClN2O2. The molecule has 1 aliphatic rings. The van der Waals surface area contributed by atoms with Crippen LogP contribution in [0.15, 0.2) is 48.5 Å². The van der Waals surface area contributed by atoms with Crippen LogP contribution in [0.1, 0.15) is 43.7 Å². The van der Waals surface area contributed by atoms with Crippen LogP contribution in [0.2, 0.25) is 5.02 Å². The number of carbonyl (C=O) groups is 2. The zero-order chi connectivity index (χ0) is 20.1. The van der Waals surface area contributed by atoms with Crippen LogP contribution in [0.4, 0.5) is 5.69 Å². The number of piperidine rings is 1. The number of likely N-dealkylation sites (tertiary alicyclic amines) is 1. The quantitative estimate of drug-likeness (QED) is 0.780. The van der Waals surface area contributed by atoms with Gasteiger partial charge in [-0.15, -0.1) is 0 Å². The molecule has 0 radical (unpaired) electrons. The maximum atomic E-state index is 12.7. The molecule has 0 bridgehead atoms. The first-order valence-electron chi connectivity index (χ1n) is 9.86. The first kappa shape index (κ1) is 20.4. The molecule has 2 aromatic rings. The summed E-state index contributed by atoms with van der Waals surface area (Å²) in [6.45, 7) is 5.48. The van der Waals surface area contributed by atoms with Gasteiger partial charge in [0, 0.05) is 29.7 Å². The molecule has 1 N–H and O–H groups in total. The summed E-state index contributed by atoms with van der Waals surface area (Å²) in [6, 6.07) is 15.3. The molecule has 0 aliphatic carbocycles. The number of halogens is 1. The summed E-state index contributed by atoms with van der Waals surface area (Å²) < 4.78 is 0. The third-order valence-corrected chi connectivity index (χ3v) is 5.58. The Morgan fingerprint density at radius 2 is 1.71 bits per heavy atom. The number of anilines is 1. The maximum absolute atomic E-state index is 12.7. The Morgan fingerprint density at radius 1 is 1.07 bits per heavy atom. The van der Waals surface area contributed by atoms with E-state index in [4.69, 9.17) is 11.6 Å². The van der Waals surface area contributed by atoms with Crippen LogP contribution in [-0.4, -0.2) is 29.8 Å². The molecule has 1 aliphatic heterocycles. The molecule has 2 amide bonds. The zero-order valence-electron chi connectivity index (χ0n) is 16.5. The molecule has 28 heavy (non-hydrogen) atoms. The van der Waals surface area contributed by atoms with Crippen molar-refractivity contribution in [1.82, 2.24) is 4.90 Å². The Hall–Kier alpha value is -2.33. The van der Waals surface area contributed by atoms with E-state index in [1.807, 2.05) is 35.2 Å². The molecule has 0 saturated carbocycles. The second-order valence-corrected chi connectivity index (χ2v) is 8.13. The SMILES string of the molecule is CC(C)c1ccccc1NC(=O)C1CCN(C(=O)Cc2ccc(Cl)cc2)CC1. The van der Waals surface area contributed by atoms with Crippen LogP contribution < -0.4 is 5.32 Å². The van der Waals surface area contributed by atoms with Crippen molar-refractivity contribution in [3.05, 3.63) is 64.7 Å². The predicted molar refractivity (Wildman–Crippen MR) is 114 cm³/mol. The molecule has 2 aromatic carbocycles. The Bertz CT molecular complexity index is 825. The second kappa shape index (κ2) is 9.24. The van der Waals surface area contributed by atoms with Gasteiger partial charge in [0.2, 0.25) is 11.8 Å². The number of para-hydroxylation sites is 1. The average molecular weight is 399 g/mol. The third-order valence-electron chi connectivity index (χ3n) is 5.33. The number of amides is 2. The van der Waals surface area contributed by atoms with Crippen molar-refractivity contribution in [2.75, 3.05) is 18.4 Å². The Balaban J connectivity index is 1.52. The standard InChI is InChI=1S/C23H27ClN2O2/c1-16(2)20-5-3-4-6-21(20)25-23(28)18-11-13-26(14-12-18)22(27)15-17-7-9-19(24)10-8-17/h3-10,16,18H,11-15H2,1-2H3,(H,25,28). The van der Waals surface area contributed by atoms with E-state index in [0.717, 1.165) is 16.8 Å². The minimum Gasteiger partial charge on any atom is -0.342 e.